The van der Waals surface area contributed by atoms with Crippen molar-refractivity contribution in [2.24, 2.45) is 7.05 Å². The van der Waals surface area contributed by atoms with E-state index in [0.717, 1.165) is 18.8 Å². The second-order valence-corrected chi connectivity index (χ2v) is 5.88. The lowest BCUT2D eigenvalue weighted by Gasteiger charge is -2.04. The van der Waals surface area contributed by atoms with Crippen LogP contribution in [0.4, 0.5) is 29.8 Å². The van der Waals surface area contributed by atoms with E-state index in [-0.39, 0.29) is 11.5 Å². The van der Waals surface area contributed by atoms with Crippen molar-refractivity contribution in [3.63, 3.8) is 0 Å². The van der Waals surface area contributed by atoms with Crippen molar-refractivity contribution >= 4 is 33.9 Å². The number of halogens is 3. The zero-order chi connectivity index (χ0) is 18.0. The molecule has 0 atom stereocenters. The van der Waals surface area contributed by atoms with E-state index in [0.29, 0.717) is 9.81 Å². The molecule has 3 rings (SSSR count). The van der Waals surface area contributed by atoms with Gasteiger partial charge in [-0.25, -0.2) is 4.98 Å². The third kappa shape index (κ3) is 3.97. The van der Waals surface area contributed by atoms with Gasteiger partial charge in [-0.05, 0) is 12.1 Å². The molecule has 0 radical (unpaired) electrons. The van der Waals surface area contributed by atoms with Crippen molar-refractivity contribution in [2.45, 2.75) is 6.18 Å². The Balaban J connectivity index is 1.70. The fourth-order valence-electron chi connectivity index (χ4n) is 2.05. The van der Waals surface area contributed by atoms with Gasteiger partial charge in [-0.2, -0.15) is 18.3 Å². The normalized spacial score (nSPS) is 11.4. The number of rotatable bonds is 4. The minimum atomic E-state index is -4.54. The highest BCUT2D eigenvalue weighted by molar-refractivity contribution is 7.14. The molecule has 2 aromatic heterocycles. The van der Waals surface area contributed by atoms with E-state index in [9.17, 15) is 18.0 Å². The summed E-state index contributed by atoms with van der Waals surface area (Å²) in [6.45, 7) is 0. The molecular formula is C15H12F3N5OS. The maximum atomic E-state index is 12.7. The van der Waals surface area contributed by atoms with Gasteiger partial charge in [0.2, 0.25) is 0 Å². The summed E-state index contributed by atoms with van der Waals surface area (Å²) in [5, 5.41) is 11.0. The second kappa shape index (κ2) is 6.55. The molecule has 130 valence electrons. The molecule has 0 saturated heterocycles. The predicted octanol–water partition coefficient (Wildman–Crippen LogP) is 3.89. The topological polar surface area (TPSA) is 71.8 Å². The standard InChI is InChI=1S/C15H12F3N5OS/c1-23-11(15(16,17)18)7-12(22-23)21-13(24)10-8-25-14(20-10)19-9-5-3-2-4-6-9/h2-8H,1H3,(H,19,20)(H,21,22,24). The van der Waals surface area contributed by atoms with E-state index in [1.807, 2.05) is 30.3 Å². The molecule has 10 heteroatoms. The van der Waals surface area contributed by atoms with Crippen LogP contribution in [-0.2, 0) is 13.2 Å². The molecule has 0 bridgehead atoms. The van der Waals surface area contributed by atoms with E-state index < -0.39 is 17.8 Å². The molecule has 25 heavy (non-hydrogen) atoms. The first-order valence-corrected chi connectivity index (χ1v) is 7.91. The number of thiazole rings is 1. The van der Waals surface area contributed by atoms with Crippen LogP contribution in [-0.4, -0.2) is 20.7 Å². The maximum Gasteiger partial charge on any atom is 0.433 e. The van der Waals surface area contributed by atoms with Gasteiger partial charge in [0.15, 0.2) is 10.9 Å². The first-order chi connectivity index (χ1) is 11.8. The summed E-state index contributed by atoms with van der Waals surface area (Å²) in [6, 6.07) is 10.0. The number of nitrogens with zero attached hydrogens (tertiary/aromatic N) is 3. The Bertz CT molecular complexity index is 888. The Morgan fingerprint density at radius 1 is 1.24 bits per heavy atom. The number of hydrogen-bond acceptors (Lipinski definition) is 5. The van der Waals surface area contributed by atoms with Gasteiger partial charge in [-0.1, -0.05) is 18.2 Å². The van der Waals surface area contributed by atoms with Crippen molar-refractivity contribution in [1.82, 2.24) is 14.8 Å². The van der Waals surface area contributed by atoms with Crippen LogP contribution in [0.5, 0.6) is 0 Å². The third-order valence-electron chi connectivity index (χ3n) is 3.17. The highest BCUT2D eigenvalue weighted by atomic mass is 32.1. The van der Waals surface area contributed by atoms with Crippen LogP contribution in [0.15, 0.2) is 41.8 Å². The van der Waals surface area contributed by atoms with Crippen molar-refractivity contribution in [1.29, 1.82) is 0 Å². The molecule has 6 nitrogen and oxygen atoms in total. The Morgan fingerprint density at radius 3 is 2.60 bits per heavy atom. The molecule has 0 unspecified atom stereocenters. The van der Waals surface area contributed by atoms with Crippen LogP contribution in [0.2, 0.25) is 0 Å². The molecule has 0 spiro atoms. The number of para-hydroxylation sites is 1. The number of carbonyl (C=O) groups excluding carboxylic acids is 1. The number of benzene rings is 1. The summed E-state index contributed by atoms with van der Waals surface area (Å²) < 4.78 is 38.9. The second-order valence-electron chi connectivity index (χ2n) is 5.02. The van der Waals surface area contributed by atoms with Crippen molar-refractivity contribution in [3.05, 3.63) is 53.2 Å². The van der Waals surface area contributed by atoms with Crippen molar-refractivity contribution in [3.8, 4) is 0 Å². The summed E-state index contributed by atoms with van der Waals surface area (Å²) in [7, 11) is 1.16. The summed E-state index contributed by atoms with van der Waals surface area (Å²) in [4.78, 5) is 16.2. The number of nitrogens with one attached hydrogen (secondary N) is 2. The number of alkyl halides is 3. The number of carbonyl (C=O) groups is 1. The molecule has 1 aromatic carbocycles. The number of anilines is 3. The predicted molar refractivity (Wildman–Crippen MR) is 88.0 cm³/mol. The summed E-state index contributed by atoms with van der Waals surface area (Å²) in [6.07, 6.45) is -4.54. The fourth-order valence-corrected chi connectivity index (χ4v) is 2.77. The molecule has 0 fully saturated rings. The molecule has 0 aliphatic carbocycles. The average molecular weight is 367 g/mol. The lowest BCUT2D eigenvalue weighted by atomic mass is 10.3. The minimum absolute atomic E-state index is 0.0858. The molecule has 2 heterocycles. The summed E-state index contributed by atoms with van der Waals surface area (Å²) >= 11 is 1.21. The van der Waals surface area contributed by atoms with Crippen LogP contribution in [0.25, 0.3) is 0 Å². The van der Waals surface area contributed by atoms with Gasteiger partial charge in [0.1, 0.15) is 11.4 Å². The number of aromatic nitrogens is 3. The monoisotopic (exact) mass is 367 g/mol. The van der Waals surface area contributed by atoms with Crippen LogP contribution in [0.3, 0.4) is 0 Å². The van der Waals surface area contributed by atoms with Crippen molar-refractivity contribution in [2.75, 3.05) is 10.6 Å². The highest BCUT2D eigenvalue weighted by Crippen LogP contribution is 2.30. The van der Waals surface area contributed by atoms with Crippen LogP contribution < -0.4 is 10.6 Å². The first kappa shape index (κ1) is 17.0. The summed E-state index contributed by atoms with van der Waals surface area (Å²) in [5.41, 5.74) is -0.0569. The van der Waals surface area contributed by atoms with E-state index in [1.54, 1.807) is 0 Å². The first-order valence-electron chi connectivity index (χ1n) is 7.03. The van der Waals surface area contributed by atoms with Crippen LogP contribution in [0, 0.1) is 0 Å². The molecule has 1 amide bonds. The van der Waals surface area contributed by atoms with Gasteiger partial charge in [0.25, 0.3) is 5.91 Å². The third-order valence-corrected chi connectivity index (χ3v) is 3.93. The largest absolute Gasteiger partial charge is 0.433 e. The quantitative estimate of drug-likeness (QED) is 0.734. The van der Waals surface area contributed by atoms with Gasteiger partial charge in [-0.3, -0.25) is 9.48 Å². The lowest BCUT2D eigenvalue weighted by molar-refractivity contribution is -0.143. The summed E-state index contributed by atoms with van der Waals surface area (Å²) in [5.74, 6) is -0.824. The molecule has 3 aromatic rings. The van der Waals surface area contributed by atoms with Crippen LogP contribution >= 0.6 is 11.3 Å². The number of aryl methyl sites for hydroxylation is 1. The zero-order valence-corrected chi connectivity index (χ0v) is 13.6. The van der Waals surface area contributed by atoms with Gasteiger partial charge in [0, 0.05) is 24.2 Å². The van der Waals surface area contributed by atoms with Gasteiger partial charge in [-0.15, -0.1) is 11.3 Å². The zero-order valence-electron chi connectivity index (χ0n) is 12.8. The molecule has 2 N–H and O–H groups in total. The van der Waals surface area contributed by atoms with Crippen molar-refractivity contribution < 1.29 is 18.0 Å². The Hall–Kier alpha value is -2.88. The SMILES string of the molecule is Cn1nc(NC(=O)c2csc(Nc3ccccc3)n2)cc1C(F)(F)F. The molecule has 0 aliphatic rings. The van der Waals surface area contributed by atoms with E-state index in [4.69, 9.17) is 0 Å². The highest BCUT2D eigenvalue weighted by Gasteiger charge is 2.35. The minimum Gasteiger partial charge on any atom is -0.332 e. The smallest absolute Gasteiger partial charge is 0.332 e. The number of hydrogen-bond donors (Lipinski definition) is 2. The van der Waals surface area contributed by atoms with E-state index in [2.05, 4.69) is 20.7 Å². The maximum absolute atomic E-state index is 12.7. The van der Waals surface area contributed by atoms with Gasteiger partial charge >= 0.3 is 6.18 Å². The molecule has 0 saturated carbocycles. The lowest BCUT2D eigenvalue weighted by Crippen LogP contribution is -2.13. The van der Waals surface area contributed by atoms with Gasteiger partial charge < -0.3 is 10.6 Å². The molecule has 0 aliphatic heterocycles. The number of amides is 1. The average Bonchev–Trinajstić information content (AvgIpc) is 3.14. The Morgan fingerprint density at radius 2 is 1.96 bits per heavy atom. The Kier molecular flexibility index (Phi) is 4.45. The molecular weight excluding hydrogens is 355 g/mol. The van der Waals surface area contributed by atoms with E-state index >= 15 is 0 Å². The fraction of sp³-hybridized carbons (Fsp3) is 0.133. The van der Waals surface area contributed by atoms with Crippen LogP contribution in [0.1, 0.15) is 16.2 Å². The Labute approximate surface area is 144 Å². The van der Waals surface area contributed by atoms with Gasteiger partial charge in [0.05, 0.1) is 0 Å². The van der Waals surface area contributed by atoms with E-state index in [1.165, 1.54) is 16.7 Å².